The van der Waals surface area contributed by atoms with Gasteiger partial charge in [0.2, 0.25) is 0 Å². The summed E-state index contributed by atoms with van der Waals surface area (Å²) in [5.74, 6) is 5.18. The second-order valence-electron chi connectivity index (χ2n) is 4.23. The Labute approximate surface area is 121 Å². The molecule has 104 valence electrons. The molecular formula is C14H15N3O2S. The fourth-order valence-electron chi connectivity index (χ4n) is 1.74. The van der Waals surface area contributed by atoms with Gasteiger partial charge in [-0.2, -0.15) is 5.10 Å². The normalized spacial score (nSPS) is 11.5. The monoisotopic (exact) mass is 289 g/mol. The van der Waals surface area contributed by atoms with E-state index in [1.807, 2.05) is 24.6 Å². The lowest BCUT2D eigenvalue weighted by Gasteiger charge is -2.13. The molecule has 6 heteroatoms. The molecule has 1 unspecified atom stereocenters. The van der Waals surface area contributed by atoms with Crippen LogP contribution in [0.25, 0.3) is 0 Å². The van der Waals surface area contributed by atoms with E-state index in [1.54, 1.807) is 16.9 Å². The summed E-state index contributed by atoms with van der Waals surface area (Å²) in [5.41, 5.74) is 0.646. The highest BCUT2D eigenvalue weighted by molar-refractivity contribution is 7.12. The average molecular weight is 289 g/mol. The highest BCUT2D eigenvalue weighted by Gasteiger charge is 2.14. The molecule has 2 N–H and O–H groups in total. The van der Waals surface area contributed by atoms with Crippen molar-refractivity contribution in [2.24, 2.45) is 0 Å². The Kier molecular flexibility index (Phi) is 4.93. The number of hydrogen-bond donors (Lipinski definition) is 2. The van der Waals surface area contributed by atoms with E-state index in [1.165, 1.54) is 11.3 Å². The van der Waals surface area contributed by atoms with Crippen LogP contribution in [0.1, 0.15) is 22.2 Å². The fraction of sp³-hybridized carbons (Fsp3) is 0.286. The molecule has 0 radical (unpaired) electrons. The van der Waals surface area contributed by atoms with E-state index < -0.39 is 0 Å². The predicted octanol–water partition coefficient (Wildman–Crippen LogP) is 1.11. The van der Waals surface area contributed by atoms with Crippen molar-refractivity contribution in [2.45, 2.75) is 19.5 Å². The maximum Gasteiger partial charge on any atom is 0.262 e. The Balaban J connectivity index is 1.99. The number of aliphatic hydroxyl groups is 1. The van der Waals surface area contributed by atoms with Crippen molar-refractivity contribution in [2.75, 3.05) is 6.61 Å². The van der Waals surface area contributed by atoms with Crippen molar-refractivity contribution in [3.63, 3.8) is 0 Å². The molecule has 0 aliphatic carbocycles. The Morgan fingerprint density at radius 1 is 1.65 bits per heavy atom. The van der Waals surface area contributed by atoms with Gasteiger partial charge in [-0.15, -0.1) is 11.3 Å². The maximum absolute atomic E-state index is 12.2. The molecule has 2 heterocycles. The Hall–Kier alpha value is -2.10. The standard InChI is InChI=1S/C14H15N3O2S/c1-11(10-17-7-3-6-15-17)16-14(19)13-12(4-2-8-18)5-9-20-13/h3,5-7,9,11,18H,8,10H2,1H3,(H,16,19). The molecule has 20 heavy (non-hydrogen) atoms. The molecule has 0 saturated heterocycles. The highest BCUT2D eigenvalue weighted by atomic mass is 32.1. The molecule has 0 fully saturated rings. The first-order valence-corrected chi connectivity index (χ1v) is 7.04. The van der Waals surface area contributed by atoms with Crippen molar-refractivity contribution in [3.8, 4) is 11.8 Å². The summed E-state index contributed by atoms with van der Waals surface area (Å²) in [4.78, 5) is 12.7. The predicted molar refractivity (Wildman–Crippen MR) is 77.4 cm³/mol. The van der Waals surface area contributed by atoms with Gasteiger partial charge in [-0.25, -0.2) is 0 Å². The van der Waals surface area contributed by atoms with Crippen LogP contribution in [0.3, 0.4) is 0 Å². The van der Waals surface area contributed by atoms with Gasteiger partial charge < -0.3 is 10.4 Å². The first-order chi connectivity index (χ1) is 9.70. The Bertz CT molecular complexity index is 622. The number of thiophene rings is 1. The van der Waals surface area contributed by atoms with E-state index in [2.05, 4.69) is 22.3 Å². The van der Waals surface area contributed by atoms with Crippen molar-refractivity contribution in [1.29, 1.82) is 0 Å². The van der Waals surface area contributed by atoms with E-state index in [0.717, 1.165) is 0 Å². The molecule has 0 aliphatic heterocycles. The summed E-state index contributed by atoms with van der Waals surface area (Å²) >= 11 is 1.34. The second kappa shape index (κ2) is 6.89. The number of amides is 1. The fourth-order valence-corrected chi connectivity index (χ4v) is 2.49. The molecule has 0 saturated carbocycles. The quantitative estimate of drug-likeness (QED) is 0.829. The lowest BCUT2D eigenvalue weighted by atomic mass is 10.2. The third-order valence-corrected chi connectivity index (χ3v) is 3.48. The lowest BCUT2D eigenvalue weighted by Crippen LogP contribution is -2.35. The summed E-state index contributed by atoms with van der Waals surface area (Å²) < 4.78 is 1.77. The molecule has 0 aromatic carbocycles. The summed E-state index contributed by atoms with van der Waals surface area (Å²) in [7, 11) is 0. The minimum atomic E-state index is -0.216. The van der Waals surface area contributed by atoms with Crippen molar-refractivity contribution in [3.05, 3.63) is 40.3 Å². The molecular weight excluding hydrogens is 274 g/mol. The van der Waals surface area contributed by atoms with Crippen LogP contribution in [0.4, 0.5) is 0 Å². The molecule has 2 rings (SSSR count). The van der Waals surface area contributed by atoms with E-state index in [4.69, 9.17) is 5.11 Å². The second-order valence-corrected chi connectivity index (χ2v) is 5.14. The number of aromatic nitrogens is 2. The van der Waals surface area contributed by atoms with Crippen LogP contribution in [0, 0.1) is 11.8 Å². The molecule has 5 nitrogen and oxygen atoms in total. The van der Waals surface area contributed by atoms with Crippen LogP contribution >= 0.6 is 11.3 Å². The molecule has 2 aromatic heterocycles. The summed E-state index contributed by atoms with van der Waals surface area (Å²) in [5, 5.41) is 17.5. The lowest BCUT2D eigenvalue weighted by molar-refractivity contribution is 0.0940. The largest absolute Gasteiger partial charge is 0.384 e. The maximum atomic E-state index is 12.2. The van der Waals surface area contributed by atoms with Gasteiger partial charge in [0.05, 0.1) is 6.54 Å². The van der Waals surface area contributed by atoms with Crippen LogP contribution in [-0.4, -0.2) is 33.4 Å². The molecule has 1 atom stereocenters. The van der Waals surface area contributed by atoms with E-state index >= 15 is 0 Å². The smallest absolute Gasteiger partial charge is 0.262 e. The Morgan fingerprint density at radius 3 is 3.20 bits per heavy atom. The molecule has 0 bridgehead atoms. The van der Waals surface area contributed by atoms with Crippen LogP contribution in [0.2, 0.25) is 0 Å². The van der Waals surface area contributed by atoms with Gasteiger partial charge in [0.25, 0.3) is 5.91 Å². The number of nitrogens with zero attached hydrogens (tertiary/aromatic N) is 2. The SMILES string of the molecule is CC(Cn1cccn1)NC(=O)c1sccc1C#CCO. The number of carbonyl (C=O) groups is 1. The van der Waals surface area contributed by atoms with Crippen LogP contribution < -0.4 is 5.32 Å². The van der Waals surface area contributed by atoms with Gasteiger partial charge in [0.1, 0.15) is 11.5 Å². The zero-order chi connectivity index (χ0) is 14.4. The third kappa shape index (κ3) is 3.70. The first kappa shape index (κ1) is 14.3. The van der Waals surface area contributed by atoms with E-state index in [9.17, 15) is 4.79 Å². The zero-order valence-electron chi connectivity index (χ0n) is 11.0. The number of hydrogen-bond acceptors (Lipinski definition) is 4. The van der Waals surface area contributed by atoms with Crippen LogP contribution in [0.15, 0.2) is 29.9 Å². The van der Waals surface area contributed by atoms with Crippen molar-refractivity contribution in [1.82, 2.24) is 15.1 Å². The van der Waals surface area contributed by atoms with E-state index in [-0.39, 0.29) is 18.6 Å². The van der Waals surface area contributed by atoms with E-state index in [0.29, 0.717) is 17.0 Å². The summed E-state index contributed by atoms with van der Waals surface area (Å²) in [6.45, 7) is 2.32. The van der Waals surface area contributed by atoms with Crippen LogP contribution in [0.5, 0.6) is 0 Å². The molecule has 0 spiro atoms. The zero-order valence-corrected chi connectivity index (χ0v) is 11.9. The number of rotatable bonds is 4. The minimum Gasteiger partial charge on any atom is -0.384 e. The highest BCUT2D eigenvalue weighted by Crippen LogP contribution is 2.15. The molecule has 0 aliphatic rings. The minimum absolute atomic E-state index is 0.0387. The van der Waals surface area contributed by atoms with Gasteiger partial charge in [-0.1, -0.05) is 11.8 Å². The average Bonchev–Trinajstić information content (AvgIpc) is 3.06. The third-order valence-electron chi connectivity index (χ3n) is 2.57. The van der Waals surface area contributed by atoms with Gasteiger partial charge in [0.15, 0.2) is 0 Å². The topological polar surface area (TPSA) is 67.2 Å². The Morgan fingerprint density at radius 2 is 2.50 bits per heavy atom. The van der Waals surface area contributed by atoms with Crippen molar-refractivity contribution >= 4 is 17.2 Å². The number of carbonyl (C=O) groups excluding carboxylic acids is 1. The summed E-state index contributed by atoms with van der Waals surface area (Å²) in [6, 6.07) is 3.58. The van der Waals surface area contributed by atoms with Gasteiger partial charge in [0, 0.05) is 24.0 Å². The van der Waals surface area contributed by atoms with Gasteiger partial charge in [-0.3, -0.25) is 9.48 Å². The first-order valence-electron chi connectivity index (χ1n) is 6.16. The number of nitrogens with one attached hydrogen (secondary N) is 1. The van der Waals surface area contributed by atoms with Crippen LogP contribution in [-0.2, 0) is 6.54 Å². The van der Waals surface area contributed by atoms with Gasteiger partial charge in [-0.05, 0) is 24.4 Å². The van der Waals surface area contributed by atoms with Crippen molar-refractivity contribution < 1.29 is 9.90 Å². The molecule has 1 amide bonds. The van der Waals surface area contributed by atoms with Gasteiger partial charge >= 0.3 is 0 Å². The molecule has 2 aromatic rings. The summed E-state index contributed by atoms with van der Waals surface area (Å²) in [6.07, 6.45) is 3.56. The number of aliphatic hydroxyl groups excluding tert-OH is 1.